The molecule has 0 aromatic carbocycles. The van der Waals surface area contributed by atoms with Gasteiger partial charge in [-0.1, -0.05) is 19.3 Å². The first kappa shape index (κ1) is 26.6. The fourth-order valence-electron chi connectivity index (χ4n) is 2.10. The van der Waals surface area contributed by atoms with E-state index in [1.807, 2.05) is 0 Å². The van der Waals surface area contributed by atoms with Gasteiger partial charge in [0.25, 0.3) is 0 Å². The number of nitrogens with one attached hydrogen (secondary N) is 1. The lowest BCUT2D eigenvalue weighted by atomic mass is 10.2. The van der Waals surface area contributed by atoms with Gasteiger partial charge in [0.05, 0.1) is 0 Å². The number of hydrogen-bond acceptors (Lipinski definition) is 5. The van der Waals surface area contributed by atoms with Gasteiger partial charge in [-0.25, -0.2) is 0 Å². The summed E-state index contributed by atoms with van der Waals surface area (Å²) >= 11 is 0. The summed E-state index contributed by atoms with van der Waals surface area (Å²) in [7, 11) is 0. The predicted molar refractivity (Wildman–Crippen MR) is 102 cm³/mol. The van der Waals surface area contributed by atoms with Gasteiger partial charge < -0.3 is 27.0 Å². The Morgan fingerprint density at radius 1 is 0.808 bits per heavy atom. The minimum atomic E-state index is -0.870. The van der Waals surface area contributed by atoms with E-state index in [-0.39, 0.29) is 18.7 Å². The summed E-state index contributed by atoms with van der Waals surface area (Å²) in [5.74, 6) is -1.52. The molecular formula is C18H37N3O5. The number of hydrogen-bond donors (Lipinski definition) is 5. The van der Waals surface area contributed by atoms with Gasteiger partial charge in [0, 0.05) is 25.8 Å². The van der Waals surface area contributed by atoms with Crippen LogP contribution in [0.15, 0.2) is 0 Å². The molecule has 8 heteroatoms. The average molecular weight is 376 g/mol. The number of amides is 1. The molecule has 8 nitrogen and oxygen atoms in total. The molecule has 0 radical (unpaired) electrons. The molecule has 26 heavy (non-hydrogen) atoms. The maximum Gasteiger partial charge on any atom is 0.303 e. The molecule has 1 aliphatic rings. The molecule has 1 fully saturated rings. The zero-order valence-electron chi connectivity index (χ0n) is 15.9. The monoisotopic (exact) mass is 375 g/mol. The van der Waals surface area contributed by atoms with Crippen molar-refractivity contribution in [2.45, 2.75) is 77.0 Å². The Bertz CT molecular complexity index is 333. The van der Waals surface area contributed by atoms with Gasteiger partial charge in [-0.15, -0.1) is 0 Å². The van der Waals surface area contributed by atoms with Gasteiger partial charge in [-0.3, -0.25) is 14.4 Å². The van der Waals surface area contributed by atoms with E-state index < -0.39 is 11.9 Å². The second-order valence-electron chi connectivity index (χ2n) is 6.15. The Morgan fingerprint density at radius 3 is 1.73 bits per heavy atom. The molecule has 0 aromatic heterocycles. The van der Waals surface area contributed by atoms with Gasteiger partial charge in [0.2, 0.25) is 5.91 Å². The highest BCUT2D eigenvalue weighted by Gasteiger charge is 2.03. The van der Waals surface area contributed by atoms with Crippen LogP contribution in [0.4, 0.5) is 0 Å². The Labute approximate surface area is 156 Å². The highest BCUT2D eigenvalue weighted by Crippen LogP contribution is 2.02. The number of carbonyl (C=O) groups excluding carboxylic acids is 1. The molecular weight excluding hydrogens is 338 g/mol. The van der Waals surface area contributed by atoms with E-state index in [0.29, 0.717) is 12.8 Å². The van der Waals surface area contributed by atoms with Crippen molar-refractivity contribution >= 4 is 17.8 Å². The van der Waals surface area contributed by atoms with Gasteiger partial charge in [0.1, 0.15) is 0 Å². The number of carboxylic acid groups (broad SMARTS) is 2. The van der Waals surface area contributed by atoms with Crippen molar-refractivity contribution in [2.75, 3.05) is 19.6 Å². The quantitative estimate of drug-likeness (QED) is 0.365. The molecule has 1 amide bonds. The van der Waals surface area contributed by atoms with E-state index in [1.165, 1.54) is 19.3 Å². The highest BCUT2D eigenvalue weighted by atomic mass is 16.4. The summed E-state index contributed by atoms with van der Waals surface area (Å²) in [6.45, 7) is 2.54. The van der Waals surface area contributed by atoms with Crippen molar-refractivity contribution in [3.63, 3.8) is 0 Å². The van der Waals surface area contributed by atoms with Gasteiger partial charge in [0.15, 0.2) is 0 Å². The normalized spacial score (nSPS) is 13.2. The molecule has 1 rings (SSSR count). The third kappa shape index (κ3) is 27.2. The summed E-state index contributed by atoms with van der Waals surface area (Å²) in [5, 5.41) is 19.1. The van der Waals surface area contributed by atoms with Crippen molar-refractivity contribution < 1.29 is 24.6 Å². The number of aliphatic carboxylic acids is 2. The second kappa shape index (κ2) is 21.4. The lowest BCUT2D eigenvalue weighted by Gasteiger charge is -1.94. The lowest BCUT2D eigenvalue weighted by molar-refractivity contribution is -0.139. The van der Waals surface area contributed by atoms with E-state index in [9.17, 15) is 14.4 Å². The molecule has 0 aromatic rings. The average Bonchev–Trinajstić information content (AvgIpc) is 2.84. The summed E-state index contributed by atoms with van der Waals surface area (Å²) in [4.78, 5) is 30.4. The van der Waals surface area contributed by atoms with Crippen LogP contribution < -0.4 is 16.8 Å². The lowest BCUT2D eigenvalue weighted by Crippen LogP contribution is -2.21. The molecule has 1 aliphatic heterocycles. The SMILES string of the molecule is NCCCCCCN.O=C(O)CCCCC(=O)O.O=C1CCCCCN1. The molecule has 0 aliphatic carbocycles. The zero-order chi connectivity index (χ0) is 20.0. The minimum absolute atomic E-state index is 0.0628. The van der Waals surface area contributed by atoms with E-state index in [2.05, 4.69) is 5.32 Å². The Kier molecular flexibility index (Phi) is 21.8. The van der Waals surface area contributed by atoms with Gasteiger partial charge in [-0.05, 0) is 51.6 Å². The van der Waals surface area contributed by atoms with E-state index in [1.54, 1.807) is 0 Å². The topological polar surface area (TPSA) is 156 Å². The highest BCUT2D eigenvalue weighted by molar-refractivity contribution is 5.75. The van der Waals surface area contributed by atoms with Crippen LogP contribution in [0.25, 0.3) is 0 Å². The fourth-order valence-corrected chi connectivity index (χ4v) is 2.10. The third-order valence-electron chi connectivity index (χ3n) is 3.59. The first-order valence-corrected chi connectivity index (χ1v) is 9.54. The second-order valence-corrected chi connectivity index (χ2v) is 6.15. The maximum atomic E-state index is 10.6. The Morgan fingerprint density at radius 2 is 1.31 bits per heavy atom. The first-order valence-electron chi connectivity index (χ1n) is 9.54. The van der Waals surface area contributed by atoms with Crippen molar-refractivity contribution in [1.29, 1.82) is 0 Å². The molecule has 0 saturated carbocycles. The number of nitrogens with two attached hydrogens (primary N) is 2. The number of carbonyl (C=O) groups is 3. The molecule has 0 atom stereocenters. The zero-order valence-corrected chi connectivity index (χ0v) is 15.9. The van der Waals surface area contributed by atoms with Gasteiger partial charge in [-0.2, -0.15) is 0 Å². The van der Waals surface area contributed by atoms with E-state index in [4.69, 9.17) is 21.7 Å². The predicted octanol–water partition coefficient (Wildman–Crippen LogP) is 1.86. The largest absolute Gasteiger partial charge is 0.481 e. The Balaban J connectivity index is 0. The van der Waals surface area contributed by atoms with Crippen molar-refractivity contribution in [1.82, 2.24) is 5.32 Å². The number of carboxylic acids is 2. The fraction of sp³-hybridized carbons (Fsp3) is 0.833. The molecule has 1 saturated heterocycles. The number of rotatable bonds is 10. The molecule has 0 unspecified atom stereocenters. The minimum Gasteiger partial charge on any atom is -0.481 e. The third-order valence-corrected chi connectivity index (χ3v) is 3.59. The summed E-state index contributed by atoms with van der Waals surface area (Å²) in [5.41, 5.74) is 10.6. The van der Waals surface area contributed by atoms with Gasteiger partial charge >= 0.3 is 11.9 Å². The summed E-state index contributed by atoms with van der Waals surface area (Å²) in [6.07, 6.45) is 9.99. The van der Waals surface area contributed by atoms with Crippen molar-refractivity contribution in [3.05, 3.63) is 0 Å². The Hall–Kier alpha value is -1.67. The molecule has 0 bridgehead atoms. The molecule has 7 N–H and O–H groups in total. The van der Waals surface area contributed by atoms with Crippen LogP contribution in [0.2, 0.25) is 0 Å². The summed E-state index contributed by atoms with van der Waals surface area (Å²) in [6, 6.07) is 0. The van der Waals surface area contributed by atoms with Crippen LogP contribution in [-0.4, -0.2) is 47.7 Å². The molecule has 154 valence electrons. The van der Waals surface area contributed by atoms with Crippen LogP contribution >= 0.6 is 0 Å². The molecule has 1 heterocycles. The first-order chi connectivity index (χ1) is 12.4. The standard InChI is InChI=1S/C6H16N2.C6H11NO.C6H10O4/c7-5-3-1-2-4-6-8;8-6-4-2-1-3-5-7-6;7-5(8)3-1-2-4-6(9)10/h1-8H2;1-5H2,(H,7,8);1-4H2,(H,7,8)(H,9,10). The summed E-state index contributed by atoms with van der Waals surface area (Å²) < 4.78 is 0. The van der Waals surface area contributed by atoms with E-state index >= 15 is 0 Å². The van der Waals surface area contributed by atoms with Crippen molar-refractivity contribution in [2.24, 2.45) is 11.5 Å². The molecule has 0 spiro atoms. The number of unbranched alkanes of at least 4 members (excludes halogenated alkanes) is 4. The maximum absolute atomic E-state index is 10.6. The smallest absolute Gasteiger partial charge is 0.303 e. The van der Waals surface area contributed by atoms with Crippen LogP contribution in [0.1, 0.15) is 77.0 Å². The van der Waals surface area contributed by atoms with Crippen molar-refractivity contribution in [3.8, 4) is 0 Å². The van der Waals surface area contributed by atoms with Crippen LogP contribution in [-0.2, 0) is 14.4 Å². The van der Waals surface area contributed by atoms with Crippen LogP contribution in [0.5, 0.6) is 0 Å². The van der Waals surface area contributed by atoms with E-state index in [0.717, 1.165) is 51.7 Å². The van der Waals surface area contributed by atoms with Crippen LogP contribution in [0.3, 0.4) is 0 Å². The van der Waals surface area contributed by atoms with Crippen LogP contribution in [0, 0.1) is 0 Å².